The normalized spacial score (nSPS) is 16.4. The van der Waals surface area contributed by atoms with Crippen LogP contribution >= 0.6 is 0 Å². The van der Waals surface area contributed by atoms with Gasteiger partial charge in [-0.25, -0.2) is 4.79 Å². The van der Waals surface area contributed by atoms with Gasteiger partial charge in [-0.2, -0.15) is 0 Å². The van der Waals surface area contributed by atoms with Gasteiger partial charge >= 0.3 is 6.03 Å². The number of rotatable bonds is 10. The second kappa shape index (κ2) is 12.5. The fourth-order valence-corrected chi connectivity index (χ4v) is 4.55. The summed E-state index contributed by atoms with van der Waals surface area (Å²) in [7, 11) is 0. The lowest BCUT2D eigenvalue weighted by atomic mass is 9.86. The van der Waals surface area contributed by atoms with Crippen LogP contribution in [0.25, 0.3) is 0 Å². The van der Waals surface area contributed by atoms with Crippen molar-refractivity contribution >= 4 is 6.03 Å². The highest BCUT2D eigenvalue weighted by Gasteiger charge is 2.24. The van der Waals surface area contributed by atoms with Crippen molar-refractivity contribution in [3.63, 3.8) is 0 Å². The minimum Gasteiger partial charge on any atom is -0.335 e. The van der Waals surface area contributed by atoms with E-state index in [1.165, 1.54) is 30.4 Å². The van der Waals surface area contributed by atoms with Gasteiger partial charge in [0.25, 0.3) is 0 Å². The zero-order chi connectivity index (χ0) is 22.9. The molecule has 0 bridgehead atoms. The Hall–Kier alpha value is -1.55. The molecule has 0 saturated heterocycles. The van der Waals surface area contributed by atoms with Gasteiger partial charge in [0.2, 0.25) is 0 Å². The highest BCUT2D eigenvalue weighted by molar-refractivity contribution is 5.75. The average Bonchev–Trinajstić information content (AvgIpc) is 2.75. The molecule has 0 aliphatic heterocycles. The molecule has 1 unspecified atom stereocenters. The lowest BCUT2D eigenvalue weighted by Gasteiger charge is -2.33. The molecule has 1 N–H and O–H groups in total. The summed E-state index contributed by atoms with van der Waals surface area (Å²) in [4.78, 5) is 17.8. The maximum atomic E-state index is 13.3. The van der Waals surface area contributed by atoms with E-state index in [0.717, 1.165) is 45.3 Å². The second-order valence-corrected chi connectivity index (χ2v) is 10.4. The van der Waals surface area contributed by atoms with Gasteiger partial charge in [0, 0.05) is 18.6 Å². The molecular weight excluding hydrogens is 382 g/mol. The van der Waals surface area contributed by atoms with Gasteiger partial charge in [0.15, 0.2) is 0 Å². The number of nitrogens with one attached hydrogen (secondary N) is 1. The van der Waals surface area contributed by atoms with Crippen LogP contribution in [0.4, 0.5) is 4.79 Å². The van der Waals surface area contributed by atoms with E-state index in [0.29, 0.717) is 12.6 Å². The predicted octanol–water partition coefficient (Wildman–Crippen LogP) is 6.34. The standard InChI is InChI=1S/C27H47N3O/c1-7-29(8-2)20-12-13-22(3)30(26(31)28-25-14-10-9-11-15-25)21-23-16-18-24(19-17-23)27(4,5)6/h16-19,22,25H,7-15,20-21H2,1-6H3,(H,28,31). The first-order chi connectivity index (χ1) is 14.7. The van der Waals surface area contributed by atoms with Crippen LogP contribution in [0, 0.1) is 0 Å². The van der Waals surface area contributed by atoms with E-state index in [-0.39, 0.29) is 17.5 Å². The third-order valence-electron chi connectivity index (χ3n) is 6.89. The maximum absolute atomic E-state index is 13.3. The molecule has 2 amide bonds. The first-order valence-electron chi connectivity index (χ1n) is 12.6. The zero-order valence-corrected chi connectivity index (χ0v) is 21.0. The second-order valence-electron chi connectivity index (χ2n) is 10.4. The molecule has 0 aromatic heterocycles. The highest BCUT2D eigenvalue weighted by atomic mass is 16.2. The molecule has 1 aliphatic carbocycles. The maximum Gasteiger partial charge on any atom is 0.318 e. The van der Waals surface area contributed by atoms with Crippen LogP contribution in [-0.2, 0) is 12.0 Å². The van der Waals surface area contributed by atoms with Gasteiger partial charge < -0.3 is 15.1 Å². The van der Waals surface area contributed by atoms with Gasteiger partial charge in [0.1, 0.15) is 0 Å². The molecule has 1 aliphatic rings. The highest BCUT2D eigenvalue weighted by Crippen LogP contribution is 2.23. The minimum atomic E-state index is 0.113. The SMILES string of the molecule is CCN(CC)CCCC(C)N(Cc1ccc(C(C)(C)C)cc1)C(=O)NC1CCCCC1. The van der Waals surface area contributed by atoms with E-state index in [2.05, 4.69) is 80.9 Å². The Balaban J connectivity index is 2.05. The molecule has 1 aromatic rings. The molecule has 0 heterocycles. The third kappa shape index (κ3) is 8.48. The fourth-order valence-electron chi connectivity index (χ4n) is 4.55. The van der Waals surface area contributed by atoms with Crippen LogP contribution < -0.4 is 5.32 Å². The van der Waals surface area contributed by atoms with Crippen molar-refractivity contribution in [3.05, 3.63) is 35.4 Å². The van der Waals surface area contributed by atoms with E-state index < -0.39 is 0 Å². The molecular formula is C27H47N3O. The topological polar surface area (TPSA) is 35.6 Å². The van der Waals surface area contributed by atoms with E-state index >= 15 is 0 Å². The summed E-state index contributed by atoms with van der Waals surface area (Å²) in [6, 6.07) is 9.52. The van der Waals surface area contributed by atoms with E-state index in [1.54, 1.807) is 0 Å². The summed E-state index contributed by atoms with van der Waals surface area (Å²) in [6.45, 7) is 17.3. The molecule has 31 heavy (non-hydrogen) atoms. The first kappa shape index (κ1) is 25.7. The third-order valence-corrected chi connectivity index (χ3v) is 6.89. The molecule has 1 saturated carbocycles. The van der Waals surface area contributed by atoms with Crippen molar-refractivity contribution in [1.82, 2.24) is 15.1 Å². The van der Waals surface area contributed by atoms with Crippen molar-refractivity contribution in [2.75, 3.05) is 19.6 Å². The Morgan fingerprint density at radius 2 is 1.68 bits per heavy atom. The van der Waals surface area contributed by atoms with Gasteiger partial charge in [-0.15, -0.1) is 0 Å². The molecule has 0 radical (unpaired) electrons. The summed E-state index contributed by atoms with van der Waals surface area (Å²) < 4.78 is 0. The first-order valence-corrected chi connectivity index (χ1v) is 12.6. The largest absolute Gasteiger partial charge is 0.335 e. The summed E-state index contributed by atoms with van der Waals surface area (Å²) in [5.41, 5.74) is 2.69. The van der Waals surface area contributed by atoms with Crippen molar-refractivity contribution in [1.29, 1.82) is 0 Å². The van der Waals surface area contributed by atoms with Crippen LogP contribution in [0.5, 0.6) is 0 Å². The number of amides is 2. The summed E-state index contributed by atoms with van der Waals surface area (Å²) >= 11 is 0. The summed E-state index contributed by atoms with van der Waals surface area (Å²) in [6.07, 6.45) is 8.18. The van der Waals surface area contributed by atoms with E-state index in [4.69, 9.17) is 0 Å². The summed E-state index contributed by atoms with van der Waals surface area (Å²) in [5, 5.41) is 3.35. The molecule has 2 rings (SSSR count). The van der Waals surface area contributed by atoms with Gasteiger partial charge in [-0.1, -0.05) is 78.1 Å². The van der Waals surface area contributed by atoms with E-state index in [9.17, 15) is 4.79 Å². The number of hydrogen-bond donors (Lipinski definition) is 1. The Morgan fingerprint density at radius 1 is 1.06 bits per heavy atom. The number of hydrogen-bond acceptors (Lipinski definition) is 2. The number of benzene rings is 1. The Morgan fingerprint density at radius 3 is 2.23 bits per heavy atom. The Labute approximate surface area is 191 Å². The number of urea groups is 1. The molecule has 1 fully saturated rings. The number of carbonyl (C=O) groups is 1. The predicted molar refractivity (Wildman–Crippen MR) is 133 cm³/mol. The molecule has 1 atom stereocenters. The van der Waals surface area contributed by atoms with Crippen LogP contribution in [0.2, 0.25) is 0 Å². The van der Waals surface area contributed by atoms with Crippen molar-refractivity contribution in [2.45, 2.75) is 111 Å². The van der Waals surface area contributed by atoms with Gasteiger partial charge in [-0.3, -0.25) is 0 Å². The molecule has 176 valence electrons. The number of carbonyl (C=O) groups excluding carboxylic acids is 1. The molecule has 0 spiro atoms. The Kier molecular flexibility index (Phi) is 10.3. The Bertz CT molecular complexity index is 639. The molecule has 4 heteroatoms. The van der Waals surface area contributed by atoms with E-state index in [1.807, 2.05) is 0 Å². The quantitative estimate of drug-likeness (QED) is 0.471. The van der Waals surface area contributed by atoms with Crippen molar-refractivity contribution in [3.8, 4) is 0 Å². The van der Waals surface area contributed by atoms with Crippen LogP contribution in [-0.4, -0.2) is 47.5 Å². The van der Waals surface area contributed by atoms with Crippen molar-refractivity contribution in [2.24, 2.45) is 0 Å². The fraction of sp³-hybridized carbons (Fsp3) is 0.741. The monoisotopic (exact) mass is 429 g/mol. The average molecular weight is 430 g/mol. The number of nitrogens with zero attached hydrogens (tertiary/aromatic N) is 2. The van der Waals surface area contributed by atoms with Crippen LogP contribution in [0.15, 0.2) is 24.3 Å². The van der Waals surface area contributed by atoms with Gasteiger partial charge in [0.05, 0.1) is 0 Å². The molecule has 4 nitrogen and oxygen atoms in total. The van der Waals surface area contributed by atoms with Crippen molar-refractivity contribution < 1.29 is 4.79 Å². The van der Waals surface area contributed by atoms with Crippen LogP contribution in [0.1, 0.15) is 97.6 Å². The smallest absolute Gasteiger partial charge is 0.318 e. The zero-order valence-electron chi connectivity index (χ0n) is 21.0. The minimum absolute atomic E-state index is 0.113. The lowest BCUT2D eigenvalue weighted by molar-refractivity contribution is 0.161. The van der Waals surface area contributed by atoms with Crippen LogP contribution in [0.3, 0.4) is 0 Å². The summed E-state index contributed by atoms with van der Waals surface area (Å²) in [5.74, 6) is 0. The molecule has 1 aromatic carbocycles. The lowest BCUT2D eigenvalue weighted by Crippen LogP contribution is -2.48. The van der Waals surface area contributed by atoms with Gasteiger partial charge in [-0.05, 0) is 68.8 Å².